The van der Waals surface area contributed by atoms with Crippen LogP contribution in [0.3, 0.4) is 0 Å². The summed E-state index contributed by atoms with van der Waals surface area (Å²) in [7, 11) is -2.35. The van der Waals surface area contributed by atoms with E-state index >= 15 is 0 Å². The summed E-state index contributed by atoms with van der Waals surface area (Å²) >= 11 is 1.42. The van der Waals surface area contributed by atoms with Gasteiger partial charge in [0.2, 0.25) is 10.0 Å². The summed E-state index contributed by atoms with van der Waals surface area (Å²) in [4.78, 5) is 4.75. The molecule has 0 unspecified atom stereocenters. The highest BCUT2D eigenvalue weighted by Crippen LogP contribution is 2.24. The molecule has 1 aromatic carbocycles. The molecule has 0 spiro atoms. The van der Waals surface area contributed by atoms with Crippen molar-refractivity contribution in [1.29, 1.82) is 0 Å². The molecule has 0 aliphatic rings. The van der Waals surface area contributed by atoms with Gasteiger partial charge in [-0.3, -0.25) is 0 Å². The molecule has 0 saturated heterocycles. The highest BCUT2D eigenvalue weighted by molar-refractivity contribution is 7.89. The first-order chi connectivity index (χ1) is 9.71. The van der Waals surface area contributed by atoms with E-state index in [9.17, 15) is 12.8 Å². The number of hydrogen-bond acceptors (Lipinski definition) is 5. The minimum Gasteiger partial charge on any atom is -0.398 e. The van der Waals surface area contributed by atoms with Gasteiger partial charge in [-0.05, 0) is 26.0 Å². The largest absolute Gasteiger partial charge is 0.398 e. The predicted molar refractivity (Wildman–Crippen MR) is 81.1 cm³/mol. The van der Waals surface area contributed by atoms with Gasteiger partial charge in [0.15, 0.2) is 0 Å². The fourth-order valence-electron chi connectivity index (χ4n) is 1.79. The van der Waals surface area contributed by atoms with Crippen LogP contribution in [-0.2, 0) is 16.6 Å². The summed E-state index contributed by atoms with van der Waals surface area (Å²) in [6.07, 6.45) is 1.64. The lowest BCUT2D eigenvalue weighted by Crippen LogP contribution is -2.26. The molecule has 8 heteroatoms. The average molecular weight is 329 g/mol. The first-order valence-corrected chi connectivity index (χ1v) is 8.40. The van der Waals surface area contributed by atoms with E-state index < -0.39 is 15.8 Å². The van der Waals surface area contributed by atoms with Crippen molar-refractivity contribution in [1.82, 2.24) is 9.29 Å². The van der Waals surface area contributed by atoms with Gasteiger partial charge in [0.25, 0.3) is 0 Å². The number of hydrogen-bond donors (Lipinski definition) is 1. The normalized spacial score (nSPS) is 12.0. The van der Waals surface area contributed by atoms with Crippen LogP contribution < -0.4 is 5.73 Å². The van der Waals surface area contributed by atoms with Crippen molar-refractivity contribution in [2.75, 3.05) is 12.8 Å². The molecule has 1 heterocycles. The first-order valence-electron chi connectivity index (χ1n) is 6.15. The van der Waals surface area contributed by atoms with E-state index in [4.69, 9.17) is 5.73 Å². The molecule has 0 radical (unpaired) electrons. The quantitative estimate of drug-likeness (QED) is 0.873. The van der Waals surface area contributed by atoms with Gasteiger partial charge in [0.1, 0.15) is 5.82 Å². The molecular weight excluding hydrogens is 313 g/mol. The molecule has 1 aromatic heterocycles. The Bertz CT molecular complexity index is 748. The van der Waals surface area contributed by atoms with E-state index in [1.807, 2.05) is 6.92 Å². The Morgan fingerprint density at radius 2 is 2.05 bits per heavy atom. The number of aromatic nitrogens is 1. The van der Waals surface area contributed by atoms with E-state index in [1.54, 1.807) is 6.20 Å². The Morgan fingerprint density at radius 3 is 2.57 bits per heavy atom. The minimum absolute atomic E-state index is 0.121. The van der Waals surface area contributed by atoms with Crippen molar-refractivity contribution >= 4 is 27.0 Å². The molecule has 0 saturated carbocycles. The molecule has 0 bridgehead atoms. The summed E-state index contributed by atoms with van der Waals surface area (Å²) < 4.78 is 39.7. The zero-order chi connectivity index (χ0) is 15.8. The van der Waals surface area contributed by atoms with Gasteiger partial charge >= 0.3 is 0 Å². The van der Waals surface area contributed by atoms with Crippen molar-refractivity contribution in [3.8, 4) is 0 Å². The maximum absolute atomic E-state index is 13.7. The molecule has 21 heavy (non-hydrogen) atoms. The maximum Gasteiger partial charge on any atom is 0.243 e. The Hall–Kier alpha value is -1.51. The van der Waals surface area contributed by atoms with Crippen LogP contribution in [0.2, 0.25) is 0 Å². The van der Waals surface area contributed by atoms with Crippen LogP contribution in [0.1, 0.15) is 15.4 Å². The van der Waals surface area contributed by atoms with E-state index in [1.165, 1.54) is 31.4 Å². The standard InChI is InChI=1S/C13H16FN3O2S2/c1-8-12(14)4-11(5-13(8)15)21(18,19)17(3)7-10-6-16-9(2)20-10/h4-6H,7,15H2,1-3H3. The lowest BCUT2D eigenvalue weighted by molar-refractivity contribution is 0.468. The van der Waals surface area contributed by atoms with E-state index in [0.717, 1.165) is 20.3 Å². The fourth-order valence-corrected chi connectivity index (χ4v) is 3.91. The molecular formula is C13H16FN3O2S2. The fraction of sp³-hybridized carbons (Fsp3) is 0.308. The number of thiazole rings is 1. The number of benzene rings is 1. The third kappa shape index (κ3) is 3.22. The SMILES string of the molecule is Cc1ncc(CN(C)S(=O)(=O)c2cc(N)c(C)c(F)c2)s1. The topological polar surface area (TPSA) is 76.3 Å². The lowest BCUT2D eigenvalue weighted by Gasteiger charge is -2.17. The zero-order valence-electron chi connectivity index (χ0n) is 11.9. The van der Waals surface area contributed by atoms with E-state index in [2.05, 4.69) is 4.98 Å². The average Bonchev–Trinajstić information content (AvgIpc) is 2.80. The zero-order valence-corrected chi connectivity index (χ0v) is 13.6. The number of halogens is 1. The van der Waals surface area contributed by atoms with Gasteiger partial charge in [-0.2, -0.15) is 4.31 Å². The van der Waals surface area contributed by atoms with Gasteiger partial charge in [-0.25, -0.2) is 17.8 Å². The van der Waals surface area contributed by atoms with Crippen molar-refractivity contribution in [2.24, 2.45) is 0 Å². The van der Waals surface area contributed by atoms with Crippen LogP contribution in [0.5, 0.6) is 0 Å². The third-order valence-corrected chi connectivity index (χ3v) is 5.79. The van der Waals surface area contributed by atoms with Gasteiger partial charge in [-0.1, -0.05) is 0 Å². The number of nitrogens with zero attached hydrogens (tertiary/aromatic N) is 2. The Balaban J connectivity index is 2.33. The van der Waals surface area contributed by atoms with Crippen LogP contribution in [0.4, 0.5) is 10.1 Å². The lowest BCUT2D eigenvalue weighted by atomic mass is 10.2. The van der Waals surface area contributed by atoms with E-state index in [-0.39, 0.29) is 22.7 Å². The minimum atomic E-state index is -3.80. The molecule has 0 fully saturated rings. The molecule has 5 nitrogen and oxygen atoms in total. The second-order valence-corrected chi connectivity index (χ2v) is 8.09. The second-order valence-electron chi connectivity index (χ2n) is 4.73. The molecule has 0 atom stereocenters. The highest BCUT2D eigenvalue weighted by atomic mass is 32.2. The number of rotatable bonds is 4. The number of sulfonamides is 1. The number of nitrogens with two attached hydrogens (primary N) is 1. The van der Waals surface area contributed by atoms with Gasteiger partial charge in [0.05, 0.1) is 9.90 Å². The van der Waals surface area contributed by atoms with Crippen LogP contribution >= 0.6 is 11.3 Å². The summed E-state index contributed by atoms with van der Waals surface area (Å²) in [6, 6.07) is 2.28. The summed E-state index contributed by atoms with van der Waals surface area (Å²) in [5, 5.41) is 0.862. The molecule has 2 rings (SSSR count). The molecule has 0 amide bonds. The Kier molecular flexibility index (Phi) is 4.31. The Morgan fingerprint density at radius 1 is 1.38 bits per heavy atom. The van der Waals surface area contributed by atoms with Crippen molar-refractivity contribution in [2.45, 2.75) is 25.3 Å². The van der Waals surface area contributed by atoms with Crippen LogP contribution in [0.15, 0.2) is 23.2 Å². The number of anilines is 1. The summed E-state index contributed by atoms with van der Waals surface area (Å²) in [5.74, 6) is -0.629. The molecule has 0 aliphatic heterocycles. The van der Waals surface area contributed by atoms with Gasteiger partial charge in [-0.15, -0.1) is 11.3 Å². The summed E-state index contributed by atoms with van der Waals surface area (Å²) in [6.45, 7) is 3.53. The van der Waals surface area contributed by atoms with Gasteiger partial charge in [0, 0.05) is 35.9 Å². The number of aryl methyl sites for hydroxylation is 1. The second kappa shape index (κ2) is 5.70. The predicted octanol–water partition coefficient (Wildman–Crippen LogP) is 2.30. The molecule has 2 aromatic rings. The molecule has 114 valence electrons. The van der Waals surface area contributed by atoms with Crippen molar-refractivity contribution in [3.63, 3.8) is 0 Å². The van der Waals surface area contributed by atoms with Crippen LogP contribution in [-0.4, -0.2) is 24.8 Å². The highest BCUT2D eigenvalue weighted by Gasteiger charge is 2.23. The van der Waals surface area contributed by atoms with Crippen LogP contribution in [0.25, 0.3) is 0 Å². The summed E-state index contributed by atoms with van der Waals surface area (Å²) in [5.41, 5.74) is 6.01. The first kappa shape index (κ1) is 15.9. The third-order valence-electron chi connectivity index (χ3n) is 3.11. The Labute approximate surface area is 127 Å². The smallest absolute Gasteiger partial charge is 0.243 e. The monoisotopic (exact) mass is 329 g/mol. The van der Waals surface area contributed by atoms with Gasteiger partial charge < -0.3 is 5.73 Å². The van der Waals surface area contributed by atoms with Crippen molar-refractivity contribution < 1.29 is 12.8 Å². The molecule has 0 aliphatic carbocycles. The maximum atomic E-state index is 13.7. The van der Waals surface area contributed by atoms with Crippen LogP contribution in [0, 0.1) is 19.7 Å². The van der Waals surface area contributed by atoms with E-state index in [0.29, 0.717) is 0 Å². The number of nitrogen functional groups attached to an aromatic ring is 1. The molecule has 2 N–H and O–H groups in total. The van der Waals surface area contributed by atoms with Crippen molar-refractivity contribution in [3.05, 3.63) is 39.6 Å².